The highest BCUT2D eigenvalue weighted by atomic mass is 16.6. The molecular weight excluding hydrogens is 236 g/mol. The molecule has 3 rings (SSSR count). The molecule has 0 amide bonds. The minimum absolute atomic E-state index is 0.0391. The molecule has 8 nitrogen and oxygen atoms in total. The summed E-state index contributed by atoms with van der Waals surface area (Å²) in [6.07, 6.45) is 4.81. The van der Waals surface area contributed by atoms with Crippen molar-refractivity contribution in [2.45, 2.75) is 25.3 Å². The molecule has 0 bridgehead atoms. The van der Waals surface area contributed by atoms with Crippen LogP contribution in [0, 0.1) is 17.0 Å². The summed E-state index contributed by atoms with van der Waals surface area (Å²) < 4.78 is 3.26. The SMILES string of the molecule is Cc1nn(C2(c3ncn(C)n3)CC2)cc1[N+](=O)[O-]. The number of nitro groups is 1. The third-order valence-electron chi connectivity index (χ3n) is 3.25. The first-order valence-corrected chi connectivity index (χ1v) is 5.60. The Morgan fingerprint density at radius 1 is 1.44 bits per heavy atom. The molecule has 8 heteroatoms. The van der Waals surface area contributed by atoms with E-state index in [1.807, 2.05) is 0 Å². The molecule has 0 unspecified atom stereocenters. The third kappa shape index (κ3) is 1.41. The normalized spacial score (nSPS) is 16.8. The van der Waals surface area contributed by atoms with Crippen LogP contribution in [0.3, 0.4) is 0 Å². The van der Waals surface area contributed by atoms with Crippen LogP contribution in [0.1, 0.15) is 24.4 Å². The van der Waals surface area contributed by atoms with Gasteiger partial charge >= 0.3 is 5.69 Å². The zero-order valence-electron chi connectivity index (χ0n) is 10.1. The lowest BCUT2D eigenvalue weighted by molar-refractivity contribution is -0.385. The van der Waals surface area contributed by atoms with E-state index in [2.05, 4.69) is 15.2 Å². The highest BCUT2D eigenvalue weighted by Crippen LogP contribution is 2.47. The van der Waals surface area contributed by atoms with Crippen molar-refractivity contribution in [1.82, 2.24) is 24.5 Å². The molecule has 0 aliphatic heterocycles. The average molecular weight is 248 g/mol. The van der Waals surface area contributed by atoms with Gasteiger partial charge in [-0.15, -0.1) is 0 Å². The number of hydrogen-bond acceptors (Lipinski definition) is 5. The van der Waals surface area contributed by atoms with Crippen molar-refractivity contribution in [3.05, 3.63) is 34.2 Å². The second-order valence-electron chi connectivity index (χ2n) is 4.57. The summed E-state index contributed by atoms with van der Waals surface area (Å²) >= 11 is 0. The van der Waals surface area contributed by atoms with Gasteiger partial charge in [0.25, 0.3) is 0 Å². The topological polar surface area (TPSA) is 91.7 Å². The van der Waals surface area contributed by atoms with Crippen molar-refractivity contribution < 1.29 is 4.92 Å². The van der Waals surface area contributed by atoms with Crippen LogP contribution in [-0.2, 0) is 12.6 Å². The van der Waals surface area contributed by atoms with E-state index in [-0.39, 0.29) is 11.2 Å². The molecule has 1 saturated carbocycles. The standard InChI is InChI=1S/C10H12N6O2/c1-7-8(16(17)18)5-15(12-7)10(3-4-10)9-11-6-14(2)13-9/h5-6H,3-4H2,1-2H3. The summed E-state index contributed by atoms with van der Waals surface area (Å²) in [6, 6.07) is 0. The Balaban J connectivity index is 2.05. The number of aryl methyl sites for hydroxylation is 2. The predicted octanol–water partition coefficient (Wildman–Crippen LogP) is 0.766. The molecule has 0 spiro atoms. The van der Waals surface area contributed by atoms with Crippen molar-refractivity contribution in [1.29, 1.82) is 0 Å². The van der Waals surface area contributed by atoms with Gasteiger partial charge in [-0.05, 0) is 19.8 Å². The lowest BCUT2D eigenvalue weighted by Gasteiger charge is -2.10. The van der Waals surface area contributed by atoms with E-state index in [1.165, 1.54) is 6.20 Å². The predicted molar refractivity (Wildman–Crippen MR) is 60.9 cm³/mol. The van der Waals surface area contributed by atoms with E-state index in [1.54, 1.807) is 29.7 Å². The monoisotopic (exact) mass is 248 g/mol. The van der Waals surface area contributed by atoms with Crippen LogP contribution in [0.15, 0.2) is 12.5 Å². The zero-order valence-corrected chi connectivity index (χ0v) is 10.1. The fourth-order valence-electron chi connectivity index (χ4n) is 2.08. The van der Waals surface area contributed by atoms with E-state index in [9.17, 15) is 10.1 Å². The quantitative estimate of drug-likeness (QED) is 0.590. The molecule has 1 aliphatic rings. The van der Waals surface area contributed by atoms with Crippen LogP contribution in [-0.4, -0.2) is 29.5 Å². The number of rotatable bonds is 3. The van der Waals surface area contributed by atoms with Gasteiger partial charge < -0.3 is 0 Å². The summed E-state index contributed by atoms with van der Waals surface area (Å²) in [4.78, 5) is 14.7. The maximum atomic E-state index is 10.8. The summed E-state index contributed by atoms with van der Waals surface area (Å²) in [5.41, 5.74) is 0.0692. The van der Waals surface area contributed by atoms with Crippen LogP contribution in [0.4, 0.5) is 5.69 Å². The van der Waals surface area contributed by atoms with Gasteiger partial charge in [-0.25, -0.2) is 4.98 Å². The Morgan fingerprint density at radius 2 is 2.17 bits per heavy atom. The van der Waals surface area contributed by atoms with Gasteiger partial charge in [0.1, 0.15) is 23.8 Å². The van der Waals surface area contributed by atoms with Gasteiger partial charge in [0.05, 0.1) is 4.92 Å². The van der Waals surface area contributed by atoms with Gasteiger partial charge in [-0.2, -0.15) is 10.2 Å². The lowest BCUT2D eigenvalue weighted by atomic mass is 10.2. The molecule has 2 heterocycles. The Kier molecular flexibility index (Phi) is 2.04. The Hall–Kier alpha value is -2.25. The first-order valence-electron chi connectivity index (χ1n) is 5.60. The number of hydrogen-bond donors (Lipinski definition) is 0. The van der Waals surface area contributed by atoms with Gasteiger partial charge in [-0.1, -0.05) is 0 Å². The highest BCUT2D eigenvalue weighted by Gasteiger charge is 2.51. The van der Waals surface area contributed by atoms with Crippen LogP contribution >= 0.6 is 0 Å². The molecule has 0 atom stereocenters. The van der Waals surface area contributed by atoms with E-state index < -0.39 is 4.92 Å². The molecule has 0 saturated heterocycles. The van der Waals surface area contributed by atoms with Crippen LogP contribution in [0.2, 0.25) is 0 Å². The van der Waals surface area contributed by atoms with Crippen molar-refractivity contribution in [3.63, 3.8) is 0 Å². The Bertz CT molecular complexity index is 624. The molecule has 0 aromatic carbocycles. The summed E-state index contributed by atoms with van der Waals surface area (Å²) in [5.74, 6) is 0.669. The fraction of sp³-hybridized carbons (Fsp3) is 0.500. The molecule has 1 fully saturated rings. The molecular formula is C10H12N6O2. The van der Waals surface area contributed by atoms with Crippen LogP contribution in [0.25, 0.3) is 0 Å². The highest BCUT2D eigenvalue weighted by molar-refractivity contribution is 5.33. The largest absolute Gasteiger partial charge is 0.309 e. The van der Waals surface area contributed by atoms with Crippen molar-refractivity contribution >= 4 is 5.69 Å². The van der Waals surface area contributed by atoms with Crippen LogP contribution < -0.4 is 0 Å². The minimum atomic E-state index is -0.416. The number of nitrogens with zero attached hydrogens (tertiary/aromatic N) is 6. The van der Waals surface area contributed by atoms with Crippen LogP contribution in [0.5, 0.6) is 0 Å². The Morgan fingerprint density at radius 3 is 2.61 bits per heavy atom. The van der Waals surface area contributed by atoms with Gasteiger partial charge in [0, 0.05) is 7.05 Å². The molecule has 2 aromatic heterocycles. The molecule has 2 aromatic rings. The molecule has 0 N–H and O–H groups in total. The fourth-order valence-corrected chi connectivity index (χ4v) is 2.08. The van der Waals surface area contributed by atoms with Gasteiger partial charge in [0.15, 0.2) is 5.82 Å². The molecule has 18 heavy (non-hydrogen) atoms. The molecule has 94 valence electrons. The summed E-state index contributed by atoms with van der Waals surface area (Å²) in [5, 5.41) is 19.4. The smallest absolute Gasteiger partial charge is 0.258 e. The van der Waals surface area contributed by atoms with Gasteiger partial charge in [0.2, 0.25) is 0 Å². The van der Waals surface area contributed by atoms with E-state index in [0.717, 1.165) is 12.8 Å². The summed E-state index contributed by atoms with van der Waals surface area (Å²) in [6.45, 7) is 1.64. The minimum Gasteiger partial charge on any atom is -0.258 e. The molecule has 1 aliphatic carbocycles. The zero-order chi connectivity index (χ0) is 12.9. The first kappa shape index (κ1) is 10.9. The number of aromatic nitrogens is 5. The Labute approximate surface area is 102 Å². The van der Waals surface area contributed by atoms with E-state index in [4.69, 9.17) is 0 Å². The summed E-state index contributed by atoms with van der Waals surface area (Å²) in [7, 11) is 1.80. The van der Waals surface area contributed by atoms with Crippen molar-refractivity contribution in [2.75, 3.05) is 0 Å². The second kappa shape index (κ2) is 3.37. The second-order valence-corrected chi connectivity index (χ2v) is 4.57. The average Bonchev–Trinajstić information content (AvgIpc) is 2.84. The van der Waals surface area contributed by atoms with Crippen molar-refractivity contribution in [3.8, 4) is 0 Å². The third-order valence-corrected chi connectivity index (χ3v) is 3.25. The van der Waals surface area contributed by atoms with E-state index in [0.29, 0.717) is 11.5 Å². The molecule has 0 radical (unpaired) electrons. The van der Waals surface area contributed by atoms with Gasteiger partial charge in [-0.3, -0.25) is 19.5 Å². The van der Waals surface area contributed by atoms with Crippen molar-refractivity contribution in [2.24, 2.45) is 7.05 Å². The maximum Gasteiger partial charge on any atom is 0.309 e. The van der Waals surface area contributed by atoms with E-state index >= 15 is 0 Å². The first-order chi connectivity index (χ1) is 8.53. The maximum absolute atomic E-state index is 10.8. The lowest BCUT2D eigenvalue weighted by Crippen LogP contribution is -2.21.